The summed E-state index contributed by atoms with van der Waals surface area (Å²) in [5.74, 6) is -0.339. The zero-order chi connectivity index (χ0) is 19.5. The molecular formula is C16H14Cl2F3N3O2. The van der Waals surface area contributed by atoms with E-state index in [0.29, 0.717) is 17.4 Å². The van der Waals surface area contributed by atoms with Crippen molar-refractivity contribution in [2.24, 2.45) is 0 Å². The Morgan fingerprint density at radius 1 is 1.50 bits per heavy atom. The van der Waals surface area contributed by atoms with Gasteiger partial charge in [0.1, 0.15) is 11.7 Å². The topological polar surface area (TPSA) is 62.3 Å². The van der Waals surface area contributed by atoms with Crippen molar-refractivity contribution < 1.29 is 22.8 Å². The maximum absolute atomic E-state index is 12.6. The van der Waals surface area contributed by atoms with Crippen LogP contribution in [0.25, 0.3) is 0 Å². The van der Waals surface area contributed by atoms with Crippen LogP contribution < -0.4 is 5.32 Å². The number of amides is 1. The van der Waals surface area contributed by atoms with E-state index >= 15 is 0 Å². The summed E-state index contributed by atoms with van der Waals surface area (Å²) < 4.78 is 37.0. The molecule has 0 radical (unpaired) electrons. The molecule has 1 aliphatic heterocycles. The SMILES string of the molecule is CC(C(C=C(Cl)C=O)=CNCC(F)(F)F)N1Cc2c(ccnc2Cl)C1=O. The number of pyridine rings is 1. The quantitative estimate of drug-likeness (QED) is 0.339. The van der Waals surface area contributed by atoms with Gasteiger partial charge in [0.2, 0.25) is 0 Å². The second-order valence-electron chi connectivity index (χ2n) is 5.52. The van der Waals surface area contributed by atoms with Gasteiger partial charge in [0.15, 0.2) is 6.29 Å². The van der Waals surface area contributed by atoms with Crippen molar-refractivity contribution in [1.29, 1.82) is 0 Å². The Bertz CT molecular complexity index is 778. The summed E-state index contributed by atoms with van der Waals surface area (Å²) in [5.41, 5.74) is 1.15. The monoisotopic (exact) mass is 407 g/mol. The van der Waals surface area contributed by atoms with Crippen molar-refractivity contribution in [1.82, 2.24) is 15.2 Å². The van der Waals surface area contributed by atoms with Gasteiger partial charge in [-0.2, -0.15) is 13.2 Å². The largest absolute Gasteiger partial charge is 0.405 e. The number of allylic oxidation sites excluding steroid dienone is 1. The Balaban J connectivity index is 2.28. The molecule has 1 unspecified atom stereocenters. The number of fused-ring (bicyclic) bond motifs is 1. The molecule has 5 nitrogen and oxygen atoms in total. The van der Waals surface area contributed by atoms with E-state index in [9.17, 15) is 22.8 Å². The predicted octanol–water partition coefficient (Wildman–Crippen LogP) is 3.44. The highest BCUT2D eigenvalue weighted by atomic mass is 35.5. The molecule has 2 heterocycles. The molecule has 1 atom stereocenters. The highest BCUT2D eigenvalue weighted by Gasteiger charge is 2.34. The van der Waals surface area contributed by atoms with Crippen molar-refractivity contribution in [3.63, 3.8) is 0 Å². The van der Waals surface area contributed by atoms with Gasteiger partial charge in [0.05, 0.1) is 17.6 Å². The van der Waals surface area contributed by atoms with Crippen LogP contribution in [0.15, 0.2) is 35.1 Å². The number of carbonyl (C=O) groups is 2. The van der Waals surface area contributed by atoms with E-state index in [0.717, 1.165) is 6.20 Å². The molecule has 0 aliphatic carbocycles. The van der Waals surface area contributed by atoms with E-state index < -0.39 is 18.8 Å². The number of rotatable bonds is 6. The van der Waals surface area contributed by atoms with Crippen LogP contribution in [0.5, 0.6) is 0 Å². The summed E-state index contributed by atoms with van der Waals surface area (Å²) in [6.45, 7) is 0.489. The second kappa shape index (κ2) is 8.09. The van der Waals surface area contributed by atoms with Crippen molar-refractivity contribution in [3.8, 4) is 0 Å². The molecule has 1 amide bonds. The van der Waals surface area contributed by atoms with Crippen LogP contribution in [-0.4, -0.2) is 40.8 Å². The summed E-state index contributed by atoms with van der Waals surface area (Å²) >= 11 is 11.7. The number of nitrogens with zero attached hydrogens (tertiary/aromatic N) is 2. The normalized spacial score (nSPS) is 16.5. The van der Waals surface area contributed by atoms with E-state index in [2.05, 4.69) is 10.3 Å². The third kappa shape index (κ3) is 4.76. The average Bonchev–Trinajstić information content (AvgIpc) is 2.90. The van der Waals surface area contributed by atoms with Gasteiger partial charge in [0.25, 0.3) is 5.91 Å². The summed E-state index contributed by atoms with van der Waals surface area (Å²) in [6.07, 6.45) is -0.369. The first-order valence-corrected chi connectivity index (χ1v) is 8.16. The zero-order valence-electron chi connectivity index (χ0n) is 13.5. The fraction of sp³-hybridized carbons (Fsp3) is 0.312. The molecule has 0 fully saturated rings. The second-order valence-corrected chi connectivity index (χ2v) is 6.32. The highest BCUT2D eigenvalue weighted by Crippen LogP contribution is 2.31. The van der Waals surface area contributed by atoms with Crippen LogP contribution in [0.3, 0.4) is 0 Å². The minimum atomic E-state index is -4.41. The van der Waals surface area contributed by atoms with E-state index in [1.807, 2.05) is 0 Å². The average molecular weight is 408 g/mol. The maximum atomic E-state index is 12.6. The van der Waals surface area contributed by atoms with Gasteiger partial charge in [-0.05, 0) is 24.6 Å². The predicted molar refractivity (Wildman–Crippen MR) is 90.7 cm³/mol. The fourth-order valence-electron chi connectivity index (χ4n) is 2.47. The molecule has 0 spiro atoms. The Morgan fingerprint density at radius 2 is 2.19 bits per heavy atom. The molecule has 1 N–H and O–H groups in total. The molecule has 140 valence electrons. The lowest BCUT2D eigenvalue weighted by atomic mass is 10.1. The molecule has 1 aliphatic rings. The molecule has 1 aromatic rings. The van der Waals surface area contributed by atoms with Crippen molar-refractivity contribution >= 4 is 35.4 Å². The van der Waals surface area contributed by atoms with Gasteiger partial charge in [-0.15, -0.1) is 0 Å². The lowest BCUT2D eigenvalue weighted by Crippen LogP contribution is -2.35. The van der Waals surface area contributed by atoms with Gasteiger partial charge in [-0.1, -0.05) is 23.2 Å². The number of nitrogens with one attached hydrogen (secondary N) is 1. The molecule has 0 saturated heterocycles. The van der Waals surface area contributed by atoms with E-state index in [1.54, 1.807) is 6.92 Å². The van der Waals surface area contributed by atoms with E-state index in [4.69, 9.17) is 23.2 Å². The summed E-state index contributed by atoms with van der Waals surface area (Å²) in [5, 5.41) is 2.10. The van der Waals surface area contributed by atoms with Crippen molar-refractivity contribution in [2.75, 3.05) is 6.54 Å². The fourth-order valence-corrected chi connectivity index (χ4v) is 2.81. The van der Waals surface area contributed by atoms with Crippen LogP contribution in [0.2, 0.25) is 5.15 Å². The summed E-state index contributed by atoms with van der Waals surface area (Å²) in [6, 6.07) is 0.857. The first-order chi connectivity index (χ1) is 12.1. The lowest BCUT2D eigenvalue weighted by molar-refractivity contribution is -0.122. The maximum Gasteiger partial charge on any atom is 0.405 e. The molecule has 26 heavy (non-hydrogen) atoms. The molecule has 1 aromatic heterocycles. The Labute approximate surface area is 157 Å². The van der Waals surface area contributed by atoms with Crippen LogP contribution >= 0.6 is 23.2 Å². The number of halogens is 5. The number of aromatic nitrogens is 1. The smallest absolute Gasteiger partial charge is 0.382 e. The molecule has 2 rings (SSSR count). The van der Waals surface area contributed by atoms with Crippen molar-refractivity contribution in [2.45, 2.75) is 25.7 Å². The van der Waals surface area contributed by atoms with Crippen LogP contribution in [-0.2, 0) is 11.3 Å². The van der Waals surface area contributed by atoms with Crippen LogP contribution in [0, 0.1) is 0 Å². The summed E-state index contributed by atoms with van der Waals surface area (Å²) in [4.78, 5) is 28.7. The Kier molecular flexibility index (Phi) is 6.30. The van der Waals surface area contributed by atoms with E-state index in [-0.39, 0.29) is 28.2 Å². The molecule has 0 aromatic carbocycles. The van der Waals surface area contributed by atoms with Gasteiger partial charge < -0.3 is 10.2 Å². The number of hydrogen-bond donors (Lipinski definition) is 1. The number of carbonyl (C=O) groups excluding carboxylic acids is 2. The first-order valence-electron chi connectivity index (χ1n) is 7.41. The van der Waals surface area contributed by atoms with E-state index in [1.165, 1.54) is 23.2 Å². The van der Waals surface area contributed by atoms with Gasteiger partial charge >= 0.3 is 6.18 Å². The van der Waals surface area contributed by atoms with Gasteiger partial charge in [-0.25, -0.2) is 4.98 Å². The highest BCUT2D eigenvalue weighted by molar-refractivity contribution is 6.38. The third-order valence-electron chi connectivity index (χ3n) is 3.76. The third-order valence-corrected chi connectivity index (χ3v) is 4.29. The lowest BCUT2D eigenvalue weighted by Gasteiger charge is -2.25. The van der Waals surface area contributed by atoms with Gasteiger partial charge in [0, 0.05) is 23.5 Å². The van der Waals surface area contributed by atoms with Gasteiger partial charge in [-0.3, -0.25) is 9.59 Å². The Morgan fingerprint density at radius 3 is 2.77 bits per heavy atom. The molecule has 0 saturated carbocycles. The standard InChI is InChI=1S/C16H14Cl2F3N3O2/c1-9(10(4-11(17)7-25)5-22-8-16(19,20)21)24-6-13-12(15(24)26)2-3-23-14(13)18/h2-5,7,9,22H,6,8H2,1H3. The first kappa shape index (κ1) is 20.3. The molecule has 0 bridgehead atoms. The minimum Gasteiger partial charge on any atom is -0.382 e. The zero-order valence-corrected chi connectivity index (χ0v) is 15.0. The number of alkyl halides is 3. The van der Waals surface area contributed by atoms with Crippen LogP contribution in [0.4, 0.5) is 13.2 Å². The molecule has 10 heteroatoms. The minimum absolute atomic E-state index is 0.144. The summed E-state index contributed by atoms with van der Waals surface area (Å²) in [7, 11) is 0. The molecular weight excluding hydrogens is 394 g/mol. The Hall–Kier alpha value is -2.06. The number of hydrogen-bond acceptors (Lipinski definition) is 4. The van der Waals surface area contributed by atoms with Crippen LogP contribution in [0.1, 0.15) is 22.8 Å². The number of aldehydes is 1. The van der Waals surface area contributed by atoms with Crippen molar-refractivity contribution in [3.05, 3.63) is 51.4 Å².